The number of rotatable bonds is 3. The quantitative estimate of drug-likeness (QED) is 0.519. The summed E-state index contributed by atoms with van der Waals surface area (Å²) in [5.41, 5.74) is 0. The van der Waals surface area contributed by atoms with Gasteiger partial charge in [0, 0.05) is 13.3 Å². The van der Waals surface area contributed by atoms with E-state index in [9.17, 15) is 4.79 Å². The second-order valence-electron chi connectivity index (χ2n) is 4.63. The Balaban J connectivity index is 2.29. The number of nitrogens with zero attached hydrogens (tertiary/aromatic N) is 2. The summed E-state index contributed by atoms with van der Waals surface area (Å²) in [5.74, 6) is 0.658. The molecule has 1 aliphatic rings. The van der Waals surface area contributed by atoms with Crippen LogP contribution in [0.25, 0.3) is 0 Å². The van der Waals surface area contributed by atoms with E-state index in [-0.39, 0.29) is 35.5 Å². The molecule has 0 saturated carbocycles. The van der Waals surface area contributed by atoms with E-state index < -0.39 is 7.59 Å². The van der Waals surface area contributed by atoms with Crippen LogP contribution < -0.4 is 5.32 Å². The molecular formula is C13H9Cl6N3O2. The van der Waals surface area contributed by atoms with Gasteiger partial charge in [-0.05, 0) is 18.2 Å². The molecule has 2 rings (SSSR count). The zero-order valence-corrected chi connectivity index (χ0v) is 16.5. The number of halogens is 6. The Morgan fingerprint density at radius 1 is 1.12 bits per heavy atom. The molecular weight excluding hydrogens is 443 g/mol. The van der Waals surface area contributed by atoms with Gasteiger partial charge in [-0.15, -0.1) is 0 Å². The van der Waals surface area contributed by atoms with Crippen molar-refractivity contribution in [3.05, 3.63) is 35.6 Å². The van der Waals surface area contributed by atoms with Crippen LogP contribution in [0.4, 0.5) is 0 Å². The topological polar surface area (TPSA) is 67.0 Å². The van der Waals surface area contributed by atoms with Gasteiger partial charge >= 0.3 is 0 Å². The summed E-state index contributed by atoms with van der Waals surface area (Å²) < 4.78 is 1.64. The molecule has 0 saturated heterocycles. The van der Waals surface area contributed by atoms with Crippen LogP contribution in [0.3, 0.4) is 0 Å². The first-order valence-electron chi connectivity index (χ1n) is 6.35. The van der Waals surface area contributed by atoms with Crippen LogP contribution in [0.1, 0.15) is 23.2 Å². The highest BCUT2D eigenvalue weighted by Gasteiger charge is 2.37. The molecule has 5 nitrogen and oxygen atoms in total. The number of hydrogen-bond donors (Lipinski definition) is 1. The lowest BCUT2D eigenvalue weighted by Gasteiger charge is -2.24. The fraction of sp³-hybridized carbons (Fsp3) is 0.308. The second kappa shape index (κ2) is 7.44. The zero-order chi connectivity index (χ0) is 18.1. The first-order valence-corrected chi connectivity index (χ1v) is 8.62. The standard InChI is InChI=1S/C13H9Cl6N3O2/c1-6(23)8-4-2-7(24-8)3-5-9-20-10(12(14,15)16)22-11(21-9)13(17,18)19/h2,4-5H,3H2,1H3,(H,20,21,22). The van der Waals surface area contributed by atoms with E-state index in [1.807, 2.05) is 0 Å². The van der Waals surface area contributed by atoms with Gasteiger partial charge in [-0.1, -0.05) is 69.6 Å². The number of aliphatic imine (C=N–C) groups is 2. The van der Waals surface area contributed by atoms with Gasteiger partial charge in [-0.2, -0.15) is 0 Å². The third-order valence-electron chi connectivity index (χ3n) is 2.72. The third kappa shape index (κ3) is 5.28. The van der Waals surface area contributed by atoms with E-state index in [2.05, 4.69) is 15.3 Å². The van der Waals surface area contributed by atoms with Crippen molar-refractivity contribution in [3.8, 4) is 0 Å². The highest BCUT2D eigenvalue weighted by Crippen LogP contribution is 2.33. The molecule has 0 aliphatic carbocycles. The summed E-state index contributed by atoms with van der Waals surface area (Å²) in [6, 6.07) is 3.23. The van der Waals surface area contributed by atoms with Crippen LogP contribution in [-0.2, 0) is 6.42 Å². The minimum atomic E-state index is -1.86. The van der Waals surface area contributed by atoms with E-state index in [1.54, 1.807) is 18.2 Å². The normalized spacial score (nSPS) is 15.5. The minimum absolute atomic E-state index is 0.0565. The molecule has 0 atom stereocenters. The Hall–Kier alpha value is -0.430. The maximum atomic E-state index is 11.2. The average molecular weight is 452 g/mol. The van der Waals surface area contributed by atoms with Gasteiger partial charge in [-0.25, -0.2) is 9.98 Å². The number of carbonyl (C=O) groups is 1. The molecule has 0 fully saturated rings. The lowest BCUT2D eigenvalue weighted by molar-refractivity contribution is 0.0985. The highest BCUT2D eigenvalue weighted by atomic mass is 35.6. The number of ketones is 1. The van der Waals surface area contributed by atoms with Crippen LogP contribution in [0.2, 0.25) is 0 Å². The number of furan rings is 1. The molecule has 0 aromatic carbocycles. The van der Waals surface area contributed by atoms with Crippen molar-refractivity contribution in [2.24, 2.45) is 9.98 Å². The van der Waals surface area contributed by atoms with E-state index in [0.29, 0.717) is 5.76 Å². The maximum absolute atomic E-state index is 11.2. The number of hydrogen-bond acceptors (Lipinski definition) is 5. The number of Topliss-reactive ketones (excluding diaryl/α,β-unsaturated/α-hetero) is 1. The largest absolute Gasteiger partial charge is 0.458 e. The third-order valence-corrected chi connectivity index (χ3v) is 3.80. The predicted octanol–water partition coefficient (Wildman–Crippen LogP) is 5.01. The summed E-state index contributed by atoms with van der Waals surface area (Å²) in [4.78, 5) is 19.4. The molecule has 1 aliphatic heterocycles. The molecule has 24 heavy (non-hydrogen) atoms. The van der Waals surface area contributed by atoms with Crippen molar-refractivity contribution < 1.29 is 9.21 Å². The van der Waals surface area contributed by atoms with Crippen molar-refractivity contribution >= 4 is 87.1 Å². The molecule has 0 radical (unpaired) electrons. The molecule has 2 heterocycles. The van der Waals surface area contributed by atoms with Crippen molar-refractivity contribution in [1.82, 2.24) is 5.32 Å². The molecule has 1 aromatic rings. The number of allylic oxidation sites excluding steroid dienone is 1. The average Bonchev–Trinajstić information content (AvgIpc) is 2.92. The van der Waals surface area contributed by atoms with Gasteiger partial charge < -0.3 is 9.73 Å². The van der Waals surface area contributed by atoms with Gasteiger partial charge in [-0.3, -0.25) is 4.79 Å². The van der Waals surface area contributed by atoms with Crippen molar-refractivity contribution in [2.45, 2.75) is 20.9 Å². The Morgan fingerprint density at radius 3 is 2.08 bits per heavy atom. The van der Waals surface area contributed by atoms with Crippen LogP contribution in [-0.4, -0.2) is 25.0 Å². The molecule has 130 valence electrons. The van der Waals surface area contributed by atoms with Crippen LogP contribution in [0, 0.1) is 0 Å². The first kappa shape index (κ1) is 19.9. The first-order chi connectivity index (χ1) is 11.0. The molecule has 0 unspecified atom stereocenters. The van der Waals surface area contributed by atoms with E-state index in [1.165, 1.54) is 6.92 Å². The van der Waals surface area contributed by atoms with Crippen LogP contribution in [0.15, 0.2) is 38.4 Å². The SMILES string of the molecule is CC(=O)c1ccc(CC=C2N=C(C(Cl)(Cl)Cl)NC(C(Cl)(Cl)Cl)=N2)o1. The van der Waals surface area contributed by atoms with Crippen LogP contribution >= 0.6 is 69.6 Å². The van der Waals surface area contributed by atoms with Crippen LogP contribution in [0.5, 0.6) is 0 Å². The number of amidine groups is 2. The van der Waals surface area contributed by atoms with E-state index >= 15 is 0 Å². The molecule has 1 N–H and O–H groups in total. The summed E-state index contributed by atoms with van der Waals surface area (Å²) in [7, 11) is 0. The zero-order valence-electron chi connectivity index (χ0n) is 11.9. The summed E-state index contributed by atoms with van der Waals surface area (Å²) >= 11 is 34.9. The Labute approximate surface area is 167 Å². The van der Waals surface area contributed by atoms with Gasteiger partial charge in [0.25, 0.3) is 0 Å². The number of alkyl halides is 6. The molecule has 11 heteroatoms. The maximum Gasteiger partial charge on any atom is 0.248 e. The highest BCUT2D eigenvalue weighted by molar-refractivity contribution is 6.79. The Morgan fingerprint density at radius 2 is 1.67 bits per heavy atom. The van der Waals surface area contributed by atoms with E-state index in [4.69, 9.17) is 74.0 Å². The Kier molecular flexibility index (Phi) is 6.17. The smallest absolute Gasteiger partial charge is 0.248 e. The lowest BCUT2D eigenvalue weighted by Crippen LogP contribution is -2.46. The number of nitrogens with one attached hydrogen (secondary N) is 1. The molecule has 0 bridgehead atoms. The second-order valence-corrected chi connectivity index (χ2v) is 9.19. The predicted molar refractivity (Wildman–Crippen MR) is 99.1 cm³/mol. The summed E-state index contributed by atoms with van der Waals surface area (Å²) in [5, 5.41) is 2.58. The fourth-order valence-electron chi connectivity index (χ4n) is 1.65. The van der Waals surface area contributed by atoms with Gasteiger partial charge in [0.05, 0.1) is 0 Å². The van der Waals surface area contributed by atoms with Gasteiger partial charge in [0.1, 0.15) is 5.76 Å². The summed E-state index contributed by atoms with van der Waals surface area (Å²) in [6.07, 6.45) is 1.87. The molecule has 1 aromatic heterocycles. The van der Waals surface area contributed by atoms with E-state index in [0.717, 1.165) is 0 Å². The molecule has 0 amide bonds. The Bertz CT molecular complexity index is 708. The van der Waals surface area contributed by atoms with Crippen molar-refractivity contribution in [2.75, 3.05) is 0 Å². The minimum Gasteiger partial charge on any atom is -0.458 e. The monoisotopic (exact) mass is 449 g/mol. The lowest BCUT2D eigenvalue weighted by atomic mass is 10.3. The summed E-state index contributed by atoms with van der Waals surface area (Å²) in [6.45, 7) is 1.41. The van der Waals surface area contributed by atoms with Crippen molar-refractivity contribution in [3.63, 3.8) is 0 Å². The fourth-order valence-corrected chi connectivity index (χ4v) is 2.19. The number of carbonyl (C=O) groups excluding carboxylic acids is 1. The molecule has 0 spiro atoms. The van der Waals surface area contributed by atoms with Crippen molar-refractivity contribution in [1.29, 1.82) is 0 Å². The van der Waals surface area contributed by atoms with Gasteiger partial charge in [0.15, 0.2) is 29.0 Å². The van der Waals surface area contributed by atoms with Gasteiger partial charge in [0.2, 0.25) is 7.59 Å².